The van der Waals surface area contributed by atoms with E-state index in [1.54, 1.807) is 12.1 Å². The zero-order chi connectivity index (χ0) is 16.1. The Kier molecular flexibility index (Phi) is 5.23. The lowest BCUT2D eigenvalue weighted by atomic mass is 10.0. The van der Waals surface area contributed by atoms with Gasteiger partial charge in [-0.25, -0.2) is 0 Å². The molecule has 0 aliphatic carbocycles. The van der Waals surface area contributed by atoms with Crippen molar-refractivity contribution in [1.82, 2.24) is 5.32 Å². The van der Waals surface area contributed by atoms with Crippen molar-refractivity contribution < 1.29 is 4.79 Å². The van der Waals surface area contributed by atoms with E-state index in [-0.39, 0.29) is 5.91 Å². The highest BCUT2D eigenvalue weighted by molar-refractivity contribution is 6.30. The number of carbonyl (C=O) groups is 1. The van der Waals surface area contributed by atoms with E-state index in [0.717, 1.165) is 11.3 Å². The Morgan fingerprint density at radius 3 is 2.45 bits per heavy atom. The molecular weight excluding hydrogens is 296 g/mol. The number of rotatable bonds is 5. The SMILES string of the molecule is C=C(NC(=O)c1ccccc1)Nc1cc(Cl)ccc1C(C)C. The largest absolute Gasteiger partial charge is 0.342 e. The summed E-state index contributed by atoms with van der Waals surface area (Å²) >= 11 is 6.05. The smallest absolute Gasteiger partial charge is 0.256 e. The van der Waals surface area contributed by atoms with Crippen molar-refractivity contribution in [2.24, 2.45) is 0 Å². The van der Waals surface area contributed by atoms with Crippen LogP contribution in [0.5, 0.6) is 0 Å². The number of carbonyl (C=O) groups excluding carboxylic acids is 1. The predicted molar refractivity (Wildman–Crippen MR) is 92.2 cm³/mol. The molecule has 114 valence electrons. The van der Waals surface area contributed by atoms with Gasteiger partial charge in [0, 0.05) is 16.3 Å². The Morgan fingerprint density at radius 2 is 1.82 bits per heavy atom. The van der Waals surface area contributed by atoms with Gasteiger partial charge in [0.25, 0.3) is 5.91 Å². The second-order valence-corrected chi connectivity index (χ2v) is 5.75. The van der Waals surface area contributed by atoms with Gasteiger partial charge in [-0.2, -0.15) is 0 Å². The maximum absolute atomic E-state index is 12.1. The molecule has 0 aromatic heterocycles. The molecule has 0 spiro atoms. The van der Waals surface area contributed by atoms with E-state index in [9.17, 15) is 4.79 Å². The van der Waals surface area contributed by atoms with Crippen LogP contribution < -0.4 is 10.6 Å². The second kappa shape index (κ2) is 7.14. The molecule has 0 heterocycles. The molecule has 0 atom stereocenters. The van der Waals surface area contributed by atoms with Crippen LogP contribution in [-0.2, 0) is 0 Å². The third-order valence-corrected chi connectivity index (χ3v) is 3.46. The molecule has 0 saturated carbocycles. The van der Waals surface area contributed by atoms with E-state index in [2.05, 4.69) is 31.1 Å². The summed E-state index contributed by atoms with van der Waals surface area (Å²) in [6, 6.07) is 14.7. The van der Waals surface area contributed by atoms with E-state index in [0.29, 0.717) is 22.3 Å². The molecule has 4 heteroatoms. The highest BCUT2D eigenvalue weighted by Gasteiger charge is 2.10. The van der Waals surface area contributed by atoms with Crippen LogP contribution >= 0.6 is 11.6 Å². The molecular formula is C18H19ClN2O. The van der Waals surface area contributed by atoms with Crippen LogP contribution in [0.4, 0.5) is 5.69 Å². The van der Waals surface area contributed by atoms with Gasteiger partial charge >= 0.3 is 0 Å². The van der Waals surface area contributed by atoms with Crippen molar-refractivity contribution in [2.75, 3.05) is 5.32 Å². The maximum Gasteiger partial charge on any atom is 0.256 e. The molecule has 0 saturated heterocycles. The van der Waals surface area contributed by atoms with Gasteiger partial charge in [0.1, 0.15) is 5.82 Å². The fraction of sp³-hybridized carbons (Fsp3) is 0.167. The average Bonchev–Trinajstić information content (AvgIpc) is 2.47. The first-order chi connectivity index (χ1) is 10.5. The molecule has 0 unspecified atom stereocenters. The summed E-state index contributed by atoms with van der Waals surface area (Å²) in [4.78, 5) is 12.1. The first-order valence-electron chi connectivity index (χ1n) is 7.09. The molecule has 2 aromatic carbocycles. The van der Waals surface area contributed by atoms with Gasteiger partial charge in [-0.1, -0.05) is 56.3 Å². The monoisotopic (exact) mass is 314 g/mol. The number of halogens is 1. The summed E-state index contributed by atoms with van der Waals surface area (Å²) in [6.45, 7) is 8.05. The van der Waals surface area contributed by atoms with Gasteiger partial charge in [-0.05, 0) is 35.7 Å². The van der Waals surface area contributed by atoms with Crippen molar-refractivity contribution in [3.63, 3.8) is 0 Å². The standard InChI is InChI=1S/C18H19ClN2O/c1-12(2)16-10-9-15(19)11-17(16)20-13(3)21-18(22)14-7-5-4-6-8-14/h4-12,20H,3H2,1-2H3,(H,21,22). The third-order valence-electron chi connectivity index (χ3n) is 3.22. The molecule has 0 aliphatic heterocycles. The fourth-order valence-electron chi connectivity index (χ4n) is 2.13. The van der Waals surface area contributed by atoms with E-state index < -0.39 is 0 Å². The average molecular weight is 315 g/mol. The van der Waals surface area contributed by atoms with Gasteiger partial charge in [0.05, 0.1) is 0 Å². The highest BCUT2D eigenvalue weighted by atomic mass is 35.5. The summed E-state index contributed by atoms with van der Waals surface area (Å²) in [7, 11) is 0. The number of benzene rings is 2. The van der Waals surface area contributed by atoms with Crippen LogP contribution in [0.3, 0.4) is 0 Å². The van der Waals surface area contributed by atoms with Crippen LogP contribution in [0.2, 0.25) is 5.02 Å². The fourth-order valence-corrected chi connectivity index (χ4v) is 2.30. The lowest BCUT2D eigenvalue weighted by Gasteiger charge is -2.17. The molecule has 0 radical (unpaired) electrons. The molecule has 0 fully saturated rings. The number of anilines is 1. The summed E-state index contributed by atoms with van der Waals surface area (Å²) in [5.74, 6) is 0.543. The van der Waals surface area contributed by atoms with Gasteiger partial charge in [0.2, 0.25) is 0 Å². The molecule has 0 aliphatic rings. The molecule has 2 rings (SSSR count). The Balaban J connectivity index is 2.09. The van der Waals surface area contributed by atoms with Crippen LogP contribution in [0.25, 0.3) is 0 Å². The predicted octanol–water partition coefficient (Wildman–Crippen LogP) is 4.78. The van der Waals surface area contributed by atoms with Gasteiger partial charge < -0.3 is 10.6 Å². The first kappa shape index (κ1) is 16.1. The Morgan fingerprint density at radius 1 is 1.14 bits per heavy atom. The number of hydrogen-bond acceptors (Lipinski definition) is 2. The minimum absolute atomic E-state index is 0.203. The quantitative estimate of drug-likeness (QED) is 0.834. The Bertz CT molecular complexity index is 681. The van der Waals surface area contributed by atoms with Gasteiger partial charge in [-0.3, -0.25) is 4.79 Å². The highest BCUT2D eigenvalue weighted by Crippen LogP contribution is 2.27. The minimum Gasteiger partial charge on any atom is -0.342 e. The molecule has 2 N–H and O–H groups in total. The van der Waals surface area contributed by atoms with Crippen LogP contribution in [-0.4, -0.2) is 5.91 Å². The molecule has 22 heavy (non-hydrogen) atoms. The van der Waals surface area contributed by atoms with Crippen molar-refractivity contribution in [3.05, 3.63) is 77.1 Å². The summed E-state index contributed by atoms with van der Waals surface area (Å²) in [6.07, 6.45) is 0. The molecule has 2 aromatic rings. The van der Waals surface area contributed by atoms with Crippen molar-refractivity contribution in [2.45, 2.75) is 19.8 Å². The second-order valence-electron chi connectivity index (χ2n) is 5.31. The number of hydrogen-bond donors (Lipinski definition) is 2. The third kappa shape index (κ3) is 4.12. The van der Waals surface area contributed by atoms with Crippen LogP contribution in [0.1, 0.15) is 35.7 Å². The molecule has 3 nitrogen and oxygen atoms in total. The van der Waals surface area contributed by atoms with Gasteiger partial charge in [0.15, 0.2) is 0 Å². The van der Waals surface area contributed by atoms with Crippen molar-refractivity contribution in [3.8, 4) is 0 Å². The van der Waals surface area contributed by atoms with Crippen LogP contribution in [0, 0.1) is 0 Å². The summed E-state index contributed by atoms with van der Waals surface area (Å²) in [5.41, 5.74) is 2.54. The zero-order valence-corrected chi connectivity index (χ0v) is 13.4. The van der Waals surface area contributed by atoms with Gasteiger partial charge in [-0.15, -0.1) is 0 Å². The van der Waals surface area contributed by atoms with Crippen LogP contribution in [0.15, 0.2) is 60.9 Å². The first-order valence-corrected chi connectivity index (χ1v) is 7.47. The zero-order valence-electron chi connectivity index (χ0n) is 12.7. The Labute approximate surface area is 136 Å². The summed E-state index contributed by atoms with van der Waals surface area (Å²) < 4.78 is 0. The normalized spacial score (nSPS) is 10.4. The van der Waals surface area contributed by atoms with Crippen molar-refractivity contribution in [1.29, 1.82) is 0 Å². The molecule has 1 amide bonds. The maximum atomic E-state index is 12.1. The van der Waals surface area contributed by atoms with E-state index in [1.807, 2.05) is 36.4 Å². The summed E-state index contributed by atoms with van der Waals surface area (Å²) in [5, 5.41) is 6.50. The molecule has 0 bridgehead atoms. The van der Waals surface area contributed by atoms with E-state index >= 15 is 0 Å². The topological polar surface area (TPSA) is 41.1 Å². The number of amides is 1. The Hall–Kier alpha value is -2.26. The lowest BCUT2D eigenvalue weighted by molar-refractivity contribution is 0.0966. The van der Waals surface area contributed by atoms with E-state index in [1.165, 1.54) is 0 Å². The van der Waals surface area contributed by atoms with E-state index in [4.69, 9.17) is 11.6 Å². The minimum atomic E-state index is -0.203. The lowest BCUT2D eigenvalue weighted by Crippen LogP contribution is -2.26. The van der Waals surface area contributed by atoms with Crippen molar-refractivity contribution >= 4 is 23.2 Å². The number of nitrogens with one attached hydrogen (secondary N) is 2.